The van der Waals surface area contributed by atoms with Crippen molar-refractivity contribution in [2.75, 3.05) is 32.5 Å². The molecule has 0 bridgehead atoms. The lowest BCUT2D eigenvalue weighted by molar-refractivity contribution is 0.0907. The van der Waals surface area contributed by atoms with Gasteiger partial charge in [0, 0.05) is 19.6 Å². The van der Waals surface area contributed by atoms with Crippen LogP contribution in [0.5, 0.6) is 0 Å². The first kappa shape index (κ1) is 12.8. The summed E-state index contributed by atoms with van der Waals surface area (Å²) in [5, 5.41) is 6.02. The molecule has 2 N–H and O–H groups in total. The Balaban J connectivity index is 1.94. The van der Waals surface area contributed by atoms with Gasteiger partial charge >= 0.3 is 0 Å². The minimum Gasteiger partial charge on any atom is -0.387 e. The van der Waals surface area contributed by atoms with Crippen LogP contribution in [0.3, 0.4) is 0 Å². The van der Waals surface area contributed by atoms with E-state index in [-0.39, 0.29) is 11.9 Å². The molecule has 0 spiro atoms. The van der Waals surface area contributed by atoms with Gasteiger partial charge in [0.25, 0.3) is 5.91 Å². The topological polar surface area (TPSA) is 57.3 Å². The van der Waals surface area contributed by atoms with E-state index >= 15 is 0 Å². The summed E-state index contributed by atoms with van der Waals surface area (Å²) in [6.45, 7) is 2.03. The summed E-state index contributed by atoms with van der Waals surface area (Å²) in [5.41, 5.74) is 1.38. The molecule has 0 radical (unpaired) electrons. The number of aromatic nitrogens is 1. The smallest absolute Gasteiger partial charge is 0.270 e. The van der Waals surface area contributed by atoms with Crippen molar-refractivity contribution in [3.8, 4) is 0 Å². The molecule has 1 amide bonds. The van der Waals surface area contributed by atoms with Gasteiger partial charge in [-0.3, -0.25) is 4.79 Å². The highest BCUT2D eigenvalue weighted by Crippen LogP contribution is 2.09. The summed E-state index contributed by atoms with van der Waals surface area (Å²) >= 11 is 0. The molecule has 1 unspecified atom stereocenters. The number of rotatable bonds is 3. The van der Waals surface area contributed by atoms with E-state index in [9.17, 15) is 4.79 Å². The molecule has 0 aromatic carbocycles. The van der Waals surface area contributed by atoms with E-state index in [1.807, 2.05) is 13.1 Å². The molecule has 0 saturated carbocycles. The third-order valence-corrected chi connectivity index (χ3v) is 3.24. The van der Waals surface area contributed by atoms with Gasteiger partial charge in [0.15, 0.2) is 0 Å². The van der Waals surface area contributed by atoms with Crippen LogP contribution in [0.15, 0.2) is 18.3 Å². The fraction of sp³-hybridized carbons (Fsp3) is 0.538. The van der Waals surface area contributed by atoms with Crippen LogP contribution < -0.4 is 10.6 Å². The van der Waals surface area contributed by atoms with Crippen molar-refractivity contribution >= 4 is 11.6 Å². The molecule has 1 aromatic heterocycles. The lowest BCUT2D eigenvalue weighted by Gasteiger charge is -2.30. The summed E-state index contributed by atoms with van der Waals surface area (Å²) in [4.78, 5) is 18.4. The normalized spacial score (nSPS) is 20.4. The number of amides is 1. The maximum atomic E-state index is 12.0. The second-order valence-electron chi connectivity index (χ2n) is 4.76. The molecule has 2 heterocycles. The van der Waals surface area contributed by atoms with E-state index in [2.05, 4.69) is 27.6 Å². The molecule has 18 heavy (non-hydrogen) atoms. The summed E-state index contributed by atoms with van der Waals surface area (Å²) in [6.07, 6.45) is 3.85. The Morgan fingerprint density at radius 2 is 2.33 bits per heavy atom. The van der Waals surface area contributed by atoms with Crippen LogP contribution in [0.2, 0.25) is 0 Å². The third kappa shape index (κ3) is 3.20. The van der Waals surface area contributed by atoms with Crippen molar-refractivity contribution in [2.45, 2.75) is 18.9 Å². The molecule has 1 saturated heterocycles. The molecule has 0 aliphatic carbocycles. The average molecular weight is 248 g/mol. The van der Waals surface area contributed by atoms with Gasteiger partial charge in [0.05, 0.1) is 11.9 Å². The maximum absolute atomic E-state index is 12.0. The van der Waals surface area contributed by atoms with E-state index in [4.69, 9.17) is 0 Å². The molecule has 5 nitrogen and oxygen atoms in total. The number of pyridine rings is 1. The highest BCUT2D eigenvalue weighted by Gasteiger charge is 2.19. The molecule has 98 valence electrons. The first-order valence-corrected chi connectivity index (χ1v) is 6.32. The lowest BCUT2D eigenvalue weighted by Crippen LogP contribution is -2.46. The van der Waals surface area contributed by atoms with Gasteiger partial charge in [-0.15, -0.1) is 0 Å². The number of anilines is 1. The molecule has 2 rings (SSSR count). The largest absolute Gasteiger partial charge is 0.387 e. The number of hydrogen-bond donors (Lipinski definition) is 2. The highest BCUT2D eigenvalue weighted by molar-refractivity contribution is 5.92. The second-order valence-corrected chi connectivity index (χ2v) is 4.76. The predicted molar refractivity (Wildman–Crippen MR) is 71.8 cm³/mol. The predicted octanol–water partition coefficient (Wildman–Crippen LogP) is 0.947. The lowest BCUT2D eigenvalue weighted by atomic mass is 10.1. The van der Waals surface area contributed by atoms with E-state index in [0.29, 0.717) is 5.69 Å². The zero-order chi connectivity index (χ0) is 13.0. The molecule has 5 heteroatoms. The zero-order valence-electron chi connectivity index (χ0n) is 10.9. The number of nitrogens with one attached hydrogen (secondary N) is 2. The van der Waals surface area contributed by atoms with Crippen molar-refractivity contribution in [2.24, 2.45) is 0 Å². The highest BCUT2D eigenvalue weighted by atomic mass is 16.1. The summed E-state index contributed by atoms with van der Waals surface area (Å²) in [6, 6.07) is 3.84. The maximum Gasteiger partial charge on any atom is 0.270 e. The molecular formula is C13H20N4O. The van der Waals surface area contributed by atoms with Gasteiger partial charge in [-0.1, -0.05) is 0 Å². The van der Waals surface area contributed by atoms with Crippen LogP contribution in [-0.4, -0.2) is 49.0 Å². The fourth-order valence-electron chi connectivity index (χ4n) is 2.22. The van der Waals surface area contributed by atoms with Crippen molar-refractivity contribution in [3.63, 3.8) is 0 Å². The quantitative estimate of drug-likeness (QED) is 0.836. The number of hydrogen-bond acceptors (Lipinski definition) is 4. The first-order valence-electron chi connectivity index (χ1n) is 6.32. The van der Waals surface area contributed by atoms with Gasteiger partial charge in [-0.2, -0.15) is 0 Å². The summed E-state index contributed by atoms with van der Waals surface area (Å²) in [5.74, 6) is -0.0852. The van der Waals surface area contributed by atoms with Gasteiger partial charge in [0.1, 0.15) is 5.69 Å². The number of nitrogens with zero attached hydrogens (tertiary/aromatic N) is 2. The molecule has 1 aliphatic rings. The average Bonchev–Trinajstić information content (AvgIpc) is 2.39. The van der Waals surface area contributed by atoms with Crippen molar-refractivity contribution in [1.82, 2.24) is 15.2 Å². The Labute approximate surface area is 108 Å². The van der Waals surface area contributed by atoms with E-state index in [1.165, 1.54) is 0 Å². The summed E-state index contributed by atoms with van der Waals surface area (Å²) < 4.78 is 0. The van der Waals surface area contributed by atoms with E-state index in [0.717, 1.165) is 31.6 Å². The van der Waals surface area contributed by atoms with Crippen molar-refractivity contribution < 1.29 is 4.79 Å². The number of likely N-dealkylation sites (N-methyl/N-ethyl adjacent to an activating group) is 1. The van der Waals surface area contributed by atoms with E-state index in [1.54, 1.807) is 12.3 Å². The molecule has 1 aliphatic heterocycles. The second kappa shape index (κ2) is 5.82. The van der Waals surface area contributed by atoms with Gasteiger partial charge < -0.3 is 15.5 Å². The number of carbonyl (C=O) groups excluding carboxylic acids is 1. The van der Waals surface area contributed by atoms with Crippen LogP contribution in [0, 0.1) is 0 Å². The first-order chi connectivity index (χ1) is 8.69. The van der Waals surface area contributed by atoms with Crippen LogP contribution in [0.1, 0.15) is 23.3 Å². The van der Waals surface area contributed by atoms with Crippen LogP contribution >= 0.6 is 0 Å². The molecule has 1 fully saturated rings. The number of likely N-dealkylation sites (tertiary alicyclic amines) is 1. The fourth-order valence-corrected chi connectivity index (χ4v) is 2.22. The van der Waals surface area contributed by atoms with E-state index < -0.39 is 0 Å². The Kier molecular flexibility index (Phi) is 4.15. The van der Waals surface area contributed by atoms with Gasteiger partial charge in [0.2, 0.25) is 0 Å². The van der Waals surface area contributed by atoms with Crippen LogP contribution in [-0.2, 0) is 0 Å². The van der Waals surface area contributed by atoms with Crippen molar-refractivity contribution in [1.29, 1.82) is 0 Å². The monoisotopic (exact) mass is 248 g/mol. The Hall–Kier alpha value is -1.62. The number of carbonyl (C=O) groups is 1. The minimum absolute atomic E-state index is 0.0852. The minimum atomic E-state index is -0.0852. The molecule has 1 aromatic rings. The van der Waals surface area contributed by atoms with Crippen LogP contribution in [0.4, 0.5) is 5.69 Å². The summed E-state index contributed by atoms with van der Waals surface area (Å²) in [7, 11) is 3.91. The Morgan fingerprint density at radius 3 is 2.94 bits per heavy atom. The zero-order valence-corrected chi connectivity index (χ0v) is 10.9. The number of piperidine rings is 1. The van der Waals surface area contributed by atoms with Crippen LogP contribution in [0.25, 0.3) is 0 Å². The third-order valence-electron chi connectivity index (χ3n) is 3.24. The SMILES string of the molecule is CNc1ccc(C(=O)NC2CCCN(C)C2)nc1. The Bertz CT molecular complexity index is 404. The molecular weight excluding hydrogens is 228 g/mol. The van der Waals surface area contributed by atoms with Crippen molar-refractivity contribution in [3.05, 3.63) is 24.0 Å². The Morgan fingerprint density at radius 1 is 1.50 bits per heavy atom. The standard InChI is InChI=1S/C13H20N4O/c1-14-10-5-6-12(15-8-10)13(18)16-11-4-3-7-17(2)9-11/h5-6,8,11,14H,3-4,7,9H2,1-2H3,(H,16,18). The molecule has 1 atom stereocenters. The van der Waals surface area contributed by atoms with Gasteiger partial charge in [-0.25, -0.2) is 4.98 Å². The van der Waals surface area contributed by atoms with Gasteiger partial charge in [-0.05, 0) is 38.6 Å².